The van der Waals surface area contributed by atoms with E-state index in [4.69, 9.17) is 11.6 Å². The summed E-state index contributed by atoms with van der Waals surface area (Å²) in [6.07, 6.45) is 0. The van der Waals surface area contributed by atoms with Crippen LogP contribution < -0.4 is 10.2 Å². The van der Waals surface area contributed by atoms with Crippen molar-refractivity contribution in [3.8, 4) is 0 Å². The van der Waals surface area contributed by atoms with E-state index >= 15 is 0 Å². The van der Waals surface area contributed by atoms with Gasteiger partial charge in [-0.15, -0.1) is 0 Å². The van der Waals surface area contributed by atoms with Gasteiger partial charge in [0.25, 0.3) is 0 Å². The van der Waals surface area contributed by atoms with E-state index < -0.39 is 9.84 Å². The van der Waals surface area contributed by atoms with Gasteiger partial charge in [-0.25, -0.2) is 8.42 Å². The Labute approximate surface area is 132 Å². The van der Waals surface area contributed by atoms with Gasteiger partial charge in [-0.05, 0) is 18.6 Å². The molecule has 1 heterocycles. The molecule has 118 valence electrons. The molecule has 1 aromatic carbocycles. The van der Waals surface area contributed by atoms with E-state index in [9.17, 15) is 8.42 Å². The largest absolute Gasteiger partial charge is 0.365 e. The third-order valence-corrected chi connectivity index (χ3v) is 5.83. The van der Waals surface area contributed by atoms with Gasteiger partial charge in [-0.3, -0.25) is 0 Å². The highest BCUT2D eigenvalue weighted by molar-refractivity contribution is 7.91. The zero-order valence-electron chi connectivity index (χ0n) is 12.8. The summed E-state index contributed by atoms with van der Waals surface area (Å²) in [4.78, 5) is 2.13. The summed E-state index contributed by atoms with van der Waals surface area (Å²) < 4.78 is 23.5. The quantitative estimate of drug-likeness (QED) is 0.921. The first-order valence-corrected chi connectivity index (χ1v) is 9.48. The molecule has 21 heavy (non-hydrogen) atoms. The number of rotatable bonds is 4. The van der Waals surface area contributed by atoms with Crippen LogP contribution in [0.1, 0.15) is 26.3 Å². The second-order valence-electron chi connectivity index (χ2n) is 5.94. The number of anilines is 1. The van der Waals surface area contributed by atoms with Crippen molar-refractivity contribution in [2.45, 2.75) is 39.4 Å². The van der Waals surface area contributed by atoms with E-state index in [1.54, 1.807) is 0 Å². The molecule has 2 rings (SSSR count). The Hall–Kier alpha value is -0.780. The van der Waals surface area contributed by atoms with Crippen molar-refractivity contribution >= 4 is 27.1 Å². The van der Waals surface area contributed by atoms with Crippen LogP contribution in [0.3, 0.4) is 0 Å². The summed E-state index contributed by atoms with van der Waals surface area (Å²) in [7, 11) is -2.92. The summed E-state index contributed by atoms with van der Waals surface area (Å²) >= 11 is 6.40. The van der Waals surface area contributed by atoms with Gasteiger partial charge >= 0.3 is 0 Å². The molecule has 1 unspecified atom stereocenters. The lowest BCUT2D eigenvalue weighted by atomic mass is 10.1. The van der Waals surface area contributed by atoms with Crippen molar-refractivity contribution < 1.29 is 8.42 Å². The average Bonchev–Trinajstić information content (AvgIpc) is 2.37. The van der Waals surface area contributed by atoms with E-state index in [1.165, 1.54) is 0 Å². The first-order valence-electron chi connectivity index (χ1n) is 7.28. The van der Waals surface area contributed by atoms with E-state index in [1.807, 2.05) is 25.1 Å². The van der Waals surface area contributed by atoms with Crippen LogP contribution in [0.2, 0.25) is 5.02 Å². The van der Waals surface area contributed by atoms with E-state index in [2.05, 4.69) is 24.1 Å². The molecule has 1 aromatic rings. The molecule has 0 amide bonds. The van der Waals surface area contributed by atoms with Crippen LogP contribution in [0.25, 0.3) is 0 Å². The van der Waals surface area contributed by atoms with E-state index in [-0.39, 0.29) is 17.5 Å². The Morgan fingerprint density at radius 1 is 1.43 bits per heavy atom. The predicted octanol–water partition coefficient (Wildman–Crippen LogP) is 2.46. The Bertz CT molecular complexity index is 602. The zero-order valence-corrected chi connectivity index (χ0v) is 14.3. The van der Waals surface area contributed by atoms with Crippen molar-refractivity contribution in [2.24, 2.45) is 0 Å². The summed E-state index contributed by atoms with van der Waals surface area (Å²) in [5.74, 6) is 0.384. The van der Waals surface area contributed by atoms with E-state index in [0.29, 0.717) is 17.6 Å². The summed E-state index contributed by atoms with van der Waals surface area (Å²) in [6, 6.07) is 6.18. The number of hydrogen-bond acceptors (Lipinski definition) is 4. The molecule has 1 atom stereocenters. The fourth-order valence-corrected chi connectivity index (χ4v) is 4.53. The van der Waals surface area contributed by atoms with Crippen molar-refractivity contribution in [2.75, 3.05) is 23.0 Å². The average molecular weight is 331 g/mol. The lowest BCUT2D eigenvalue weighted by molar-refractivity contribution is 0.564. The maximum Gasteiger partial charge on any atom is 0.154 e. The van der Waals surface area contributed by atoms with Gasteiger partial charge in [0.1, 0.15) is 0 Å². The normalized spacial score (nSPS) is 21.8. The number of benzene rings is 1. The SMILES string of the molecule is CC(C)NCc1cccc(Cl)c1N1CCS(=O)(=O)CC1C. The van der Waals surface area contributed by atoms with Crippen LogP contribution in [0, 0.1) is 0 Å². The third-order valence-electron chi connectivity index (χ3n) is 3.73. The summed E-state index contributed by atoms with van der Waals surface area (Å²) in [6.45, 7) is 7.37. The molecule has 0 aliphatic carbocycles. The first-order chi connectivity index (χ1) is 9.80. The molecule has 0 radical (unpaired) electrons. The van der Waals surface area contributed by atoms with Gasteiger partial charge < -0.3 is 10.2 Å². The Morgan fingerprint density at radius 2 is 2.14 bits per heavy atom. The maximum absolute atomic E-state index is 11.8. The van der Waals surface area contributed by atoms with Crippen molar-refractivity contribution in [1.29, 1.82) is 0 Å². The molecular formula is C15H23ClN2O2S. The Morgan fingerprint density at radius 3 is 2.76 bits per heavy atom. The van der Waals surface area contributed by atoms with Gasteiger partial charge in [0.2, 0.25) is 0 Å². The summed E-state index contributed by atoms with van der Waals surface area (Å²) in [5.41, 5.74) is 2.08. The van der Waals surface area contributed by atoms with Crippen molar-refractivity contribution in [3.63, 3.8) is 0 Å². The monoisotopic (exact) mass is 330 g/mol. The standard InChI is InChI=1S/C15H23ClN2O2S/c1-11(2)17-9-13-5-4-6-14(16)15(13)18-7-8-21(19,20)10-12(18)3/h4-6,11-12,17H,7-10H2,1-3H3. The molecule has 0 bridgehead atoms. The molecule has 1 aliphatic heterocycles. The number of nitrogens with one attached hydrogen (secondary N) is 1. The van der Waals surface area contributed by atoms with Gasteiger partial charge in [-0.2, -0.15) is 0 Å². The smallest absolute Gasteiger partial charge is 0.154 e. The highest BCUT2D eigenvalue weighted by atomic mass is 35.5. The first kappa shape index (κ1) is 16.6. The molecule has 1 fully saturated rings. The Kier molecular flexibility index (Phi) is 5.17. The number of para-hydroxylation sites is 1. The highest BCUT2D eigenvalue weighted by Crippen LogP contribution is 2.33. The minimum atomic E-state index is -2.92. The Balaban J connectivity index is 2.30. The van der Waals surface area contributed by atoms with Gasteiger partial charge in [-0.1, -0.05) is 37.6 Å². The molecule has 0 aromatic heterocycles. The molecule has 1 aliphatic rings. The number of hydrogen-bond donors (Lipinski definition) is 1. The zero-order chi connectivity index (χ0) is 15.6. The van der Waals surface area contributed by atoms with Crippen LogP contribution in [-0.2, 0) is 16.4 Å². The highest BCUT2D eigenvalue weighted by Gasteiger charge is 2.30. The fraction of sp³-hybridized carbons (Fsp3) is 0.600. The molecule has 1 saturated heterocycles. The fourth-order valence-electron chi connectivity index (χ4n) is 2.67. The maximum atomic E-state index is 11.8. The number of nitrogens with zero attached hydrogens (tertiary/aromatic N) is 1. The second kappa shape index (κ2) is 6.55. The van der Waals surface area contributed by atoms with Crippen LogP contribution in [0.5, 0.6) is 0 Å². The summed E-state index contributed by atoms with van der Waals surface area (Å²) in [5, 5.41) is 4.08. The van der Waals surface area contributed by atoms with Gasteiger partial charge in [0, 0.05) is 25.2 Å². The van der Waals surface area contributed by atoms with Crippen molar-refractivity contribution in [1.82, 2.24) is 5.32 Å². The molecule has 1 N–H and O–H groups in total. The molecular weight excluding hydrogens is 308 g/mol. The lowest BCUT2D eigenvalue weighted by Crippen LogP contribution is -2.47. The van der Waals surface area contributed by atoms with Crippen LogP contribution >= 0.6 is 11.6 Å². The van der Waals surface area contributed by atoms with Gasteiger partial charge in [0.05, 0.1) is 22.2 Å². The van der Waals surface area contributed by atoms with Crippen LogP contribution in [0.4, 0.5) is 5.69 Å². The van der Waals surface area contributed by atoms with E-state index in [0.717, 1.165) is 17.8 Å². The topological polar surface area (TPSA) is 49.4 Å². The molecule has 4 nitrogen and oxygen atoms in total. The molecule has 0 spiro atoms. The minimum Gasteiger partial charge on any atom is -0.365 e. The molecule has 0 saturated carbocycles. The minimum absolute atomic E-state index is 0.0542. The van der Waals surface area contributed by atoms with Crippen molar-refractivity contribution in [3.05, 3.63) is 28.8 Å². The number of sulfone groups is 1. The molecule has 6 heteroatoms. The van der Waals surface area contributed by atoms with Crippen LogP contribution in [-0.4, -0.2) is 38.6 Å². The van der Waals surface area contributed by atoms with Crippen LogP contribution in [0.15, 0.2) is 18.2 Å². The number of halogens is 1. The lowest BCUT2D eigenvalue weighted by Gasteiger charge is -2.37. The third kappa shape index (κ3) is 4.11. The van der Waals surface area contributed by atoms with Gasteiger partial charge in [0.15, 0.2) is 9.84 Å². The predicted molar refractivity (Wildman–Crippen MR) is 88.9 cm³/mol. The second-order valence-corrected chi connectivity index (χ2v) is 8.58.